The number of thioether (sulfide) groups is 1. The number of hydrogen-bond donors (Lipinski definition) is 0. The van der Waals surface area contributed by atoms with Gasteiger partial charge in [-0.05, 0) is 30.7 Å². The fourth-order valence-electron chi connectivity index (χ4n) is 1.30. The standard InChI is InChI=1S/C9H9N3OS/c1-12-9(13)8(14-5-10)4-7(11-12)6-2-3-6/h4,6H,2-3H2,1H3. The number of aromatic nitrogens is 2. The molecule has 0 bridgehead atoms. The van der Waals surface area contributed by atoms with E-state index in [1.165, 1.54) is 4.68 Å². The topological polar surface area (TPSA) is 58.7 Å². The number of nitrogens with zero attached hydrogens (tertiary/aromatic N) is 3. The molecule has 1 aliphatic rings. The highest BCUT2D eigenvalue weighted by Crippen LogP contribution is 2.39. The highest BCUT2D eigenvalue weighted by atomic mass is 32.2. The van der Waals surface area contributed by atoms with Gasteiger partial charge in [0.2, 0.25) is 0 Å². The molecule has 0 N–H and O–H groups in total. The molecule has 1 saturated carbocycles. The summed E-state index contributed by atoms with van der Waals surface area (Å²) in [5.74, 6) is 0.500. The van der Waals surface area contributed by atoms with Gasteiger partial charge in [-0.25, -0.2) is 4.68 Å². The first-order valence-electron chi connectivity index (χ1n) is 4.36. The molecule has 4 nitrogen and oxygen atoms in total. The van der Waals surface area contributed by atoms with Crippen LogP contribution in [0.4, 0.5) is 0 Å². The Balaban J connectivity index is 2.47. The fraction of sp³-hybridized carbons (Fsp3) is 0.444. The SMILES string of the molecule is Cn1nc(C2CC2)cc(SC#N)c1=O. The normalized spacial score (nSPS) is 15.1. The van der Waals surface area contributed by atoms with Crippen LogP contribution in [0.2, 0.25) is 0 Å². The van der Waals surface area contributed by atoms with Gasteiger partial charge in [0.15, 0.2) is 0 Å². The Labute approximate surface area is 85.5 Å². The largest absolute Gasteiger partial charge is 0.281 e. The van der Waals surface area contributed by atoms with Crippen LogP contribution >= 0.6 is 11.8 Å². The third-order valence-corrected chi connectivity index (χ3v) is 2.80. The lowest BCUT2D eigenvalue weighted by Gasteiger charge is -2.02. The van der Waals surface area contributed by atoms with Crippen LogP contribution < -0.4 is 5.56 Å². The van der Waals surface area contributed by atoms with Gasteiger partial charge in [-0.15, -0.1) is 0 Å². The van der Waals surface area contributed by atoms with Gasteiger partial charge in [0, 0.05) is 13.0 Å². The van der Waals surface area contributed by atoms with Crippen molar-refractivity contribution in [3.63, 3.8) is 0 Å². The minimum atomic E-state index is -0.194. The summed E-state index contributed by atoms with van der Waals surface area (Å²) >= 11 is 0.908. The van der Waals surface area contributed by atoms with Crippen LogP contribution in [0.1, 0.15) is 24.5 Å². The van der Waals surface area contributed by atoms with Crippen molar-refractivity contribution in [3.05, 3.63) is 22.1 Å². The van der Waals surface area contributed by atoms with E-state index in [4.69, 9.17) is 5.26 Å². The number of hydrogen-bond acceptors (Lipinski definition) is 4. The molecular formula is C9H9N3OS. The quantitative estimate of drug-likeness (QED) is 0.540. The molecule has 1 fully saturated rings. The van der Waals surface area contributed by atoms with Crippen molar-refractivity contribution < 1.29 is 0 Å². The lowest BCUT2D eigenvalue weighted by molar-refractivity contribution is 0.660. The van der Waals surface area contributed by atoms with Gasteiger partial charge in [0.1, 0.15) is 5.40 Å². The maximum atomic E-state index is 11.5. The minimum absolute atomic E-state index is 0.194. The minimum Gasteiger partial charge on any atom is -0.266 e. The molecule has 0 unspecified atom stereocenters. The Morgan fingerprint density at radius 2 is 2.43 bits per heavy atom. The summed E-state index contributed by atoms with van der Waals surface area (Å²) in [6.45, 7) is 0. The number of aryl methyl sites for hydroxylation is 1. The molecule has 5 heteroatoms. The van der Waals surface area contributed by atoms with Gasteiger partial charge < -0.3 is 0 Å². The van der Waals surface area contributed by atoms with Crippen LogP contribution in [0, 0.1) is 10.7 Å². The van der Waals surface area contributed by atoms with E-state index in [2.05, 4.69) is 5.10 Å². The highest BCUT2D eigenvalue weighted by Gasteiger charge is 2.26. The third-order valence-electron chi connectivity index (χ3n) is 2.20. The number of nitriles is 1. The zero-order valence-corrected chi connectivity index (χ0v) is 8.54. The molecule has 0 spiro atoms. The Kier molecular flexibility index (Phi) is 2.30. The van der Waals surface area contributed by atoms with Crippen LogP contribution in [0.5, 0.6) is 0 Å². The Morgan fingerprint density at radius 3 is 3.00 bits per heavy atom. The highest BCUT2D eigenvalue weighted by molar-refractivity contribution is 8.03. The summed E-state index contributed by atoms with van der Waals surface area (Å²) in [6.07, 6.45) is 2.28. The van der Waals surface area contributed by atoms with E-state index < -0.39 is 0 Å². The summed E-state index contributed by atoms with van der Waals surface area (Å²) in [4.78, 5) is 12.0. The maximum Gasteiger partial charge on any atom is 0.281 e. The second-order valence-corrected chi connectivity index (χ2v) is 4.16. The van der Waals surface area contributed by atoms with Crippen molar-refractivity contribution in [2.75, 3.05) is 0 Å². The zero-order chi connectivity index (χ0) is 10.1. The van der Waals surface area contributed by atoms with E-state index in [0.717, 1.165) is 30.3 Å². The molecule has 0 saturated heterocycles. The summed E-state index contributed by atoms with van der Waals surface area (Å²) in [7, 11) is 1.62. The van der Waals surface area contributed by atoms with Crippen molar-refractivity contribution >= 4 is 11.8 Å². The van der Waals surface area contributed by atoms with Crippen molar-refractivity contribution in [3.8, 4) is 5.40 Å². The lowest BCUT2D eigenvalue weighted by Crippen LogP contribution is -2.22. The van der Waals surface area contributed by atoms with Crippen LogP contribution in [-0.4, -0.2) is 9.78 Å². The molecule has 0 amide bonds. The van der Waals surface area contributed by atoms with E-state index in [1.807, 2.05) is 5.40 Å². The van der Waals surface area contributed by atoms with Crippen molar-refractivity contribution in [2.45, 2.75) is 23.7 Å². The predicted molar refractivity (Wildman–Crippen MR) is 52.9 cm³/mol. The molecule has 0 aromatic carbocycles. The molecule has 1 heterocycles. The Hall–Kier alpha value is -1.28. The molecule has 2 rings (SSSR count). The molecule has 72 valence electrons. The van der Waals surface area contributed by atoms with Gasteiger partial charge in [-0.2, -0.15) is 10.4 Å². The van der Waals surface area contributed by atoms with Gasteiger partial charge in [0.05, 0.1) is 10.6 Å². The van der Waals surface area contributed by atoms with E-state index in [-0.39, 0.29) is 5.56 Å². The lowest BCUT2D eigenvalue weighted by atomic mass is 10.3. The number of thiocyanates is 1. The smallest absolute Gasteiger partial charge is 0.266 e. The first kappa shape index (κ1) is 9.28. The average molecular weight is 207 g/mol. The first-order valence-corrected chi connectivity index (χ1v) is 5.18. The van der Waals surface area contributed by atoms with Gasteiger partial charge >= 0.3 is 0 Å². The van der Waals surface area contributed by atoms with Crippen LogP contribution in [-0.2, 0) is 7.05 Å². The maximum absolute atomic E-state index is 11.5. The molecule has 1 aliphatic carbocycles. The van der Waals surface area contributed by atoms with Crippen molar-refractivity contribution in [2.24, 2.45) is 7.05 Å². The molecule has 1 aromatic heterocycles. The third kappa shape index (κ3) is 1.66. The first-order chi connectivity index (χ1) is 6.72. The molecule has 0 aliphatic heterocycles. The Morgan fingerprint density at radius 1 is 1.71 bits per heavy atom. The van der Waals surface area contributed by atoms with Gasteiger partial charge in [-0.1, -0.05) is 0 Å². The van der Waals surface area contributed by atoms with E-state index >= 15 is 0 Å². The number of rotatable bonds is 2. The second kappa shape index (κ2) is 3.46. The molecule has 0 atom stereocenters. The summed E-state index contributed by atoms with van der Waals surface area (Å²) in [5, 5.41) is 14.6. The summed E-state index contributed by atoms with van der Waals surface area (Å²) < 4.78 is 1.31. The van der Waals surface area contributed by atoms with Gasteiger partial charge in [-0.3, -0.25) is 4.79 Å². The summed E-state index contributed by atoms with van der Waals surface area (Å²) in [5.41, 5.74) is 0.741. The van der Waals surface area contributed by atoms with E-state index in [0.29, 0.717) is 10.8 Å². The second-order valence-electron chi connectivity index (χ2n) is 3.33. The monoisotopic (exact) mass is 207 g/mol. The molecule has 1 aromatic rings. The predicted octanol–water partition coefficient (Wildman–Crippen LogP) is 1.23. The Bertz CT molecular complexity index is 456. The molecule has 14 heavy (non-hydrogen) atoms. The van der Waals surface area contributed by atoms with Crippen molar-refractivity contribution in [1.82, 2.24) is 9.78 Å². The van der Waals surface area contributed by atoms with E-state index in [9.17, 15) is 4.79 Å². The van der Waals surface area contributed by atoms with Crippen molar-refractivity contribution in [1.29, 1.82) is 5.26 Å². The van der Waals surface area contributed by atoms with E-state index in [1.54, 1.807) is 13.1 Å². The molecule has 0 radical (unpaired) electrons. The zero-order valence-electron chi connectivity index (χ0n) is 7.73. The van der Waals surface area contributed by atoms with Crippen LogP contribution in [0.3, 0.4) is 0 Å². The summed E-state index contributed by atoms with van der Waals surface area (Å²) in [6, 6.07) is 1.74. The van der Waals surface area contributed by atoms with Crippen LogP contribution in [0.15, 0.2) is 15.8 Å². The average Bonchev–Trinajstić information content (AvgIpc) is 2.96. The molecular weight excluding hydrogens is 198 g/mol. The van der Waals surface area contributed by atoms with Crippen LogP contribution in [0.25, 0.3) is 0 Å². The fourth-order valence-corrected chi connectivity index (χ4v) is 1.80. The van der Waals surface area contributed by atoms with Gasteiger partial charge in [0.25, 0.3) is 5.56 Å².